The summed E-state index contributed by atoms with van der Waals surface area (Å²) in [5.74, 6) is 0.839. The SMILES string of the molecule is Oc1ccc(OCC(O)CBr)cc1. The highest BCUT2D eigenvalue weighted by Crippen LogP contribution is 2.15. The zero-order chi connectivity index (χ0) is 9.68. The molecule has 0 aliphatic rings. The lowest BCUT2D eigenvalue weighted by Gasteiger charge is -2.09. The fourth-order valence-corrected chi connectivity index (χ4v) is 0.966. The van der Waals surface area contributed by atoms with Gasteiger partial charge in [0.2, 0.25) is 0 Å². The van der Waals surface area contributed by atoms with Crippen LogP contribution in [-0.4, -0.2) is 28.3 Å². The van der Waals surface area contributed by atoms with Crippen molar-refractivity contribution in [1.29, 1.82) is 0 Å². The van der Waals surface area contributed by atoms with Gasteiger partial charge in [-0.1, -0.05) is 15.9 Å². The maximum atomic E-state index is 9.15. The van der Waals surface area contributed by atoms with Crippen LogP contribution in [-0.2, 0) is 0 Å². The van der Waals surface area contributed by atoms with Crippen molar-refractivity contribution in [2.24, 2.45) is 0 Å². The molecule has 1 rings (SSSR count). The van der Waals surface area contributed by atoms with Crippen LogP contribution in [0.15, 0.2) is 24.3 Å². The van der Waals surface area contributed by atoms with Gasteiger partial charge in [-0.2, -0.15) is 0 Å². The van der Waals surface area contributed by atoms with Gasteiger partial charge in [0.25, 0.3) is 0 Å². The number of halogens is 1. The molecular weight excluding hydrogens is 236 g/mol. The Morgan fingerprint density at radius 3 is 2.46 bits per heavy atom. The summed E-state index contributed by atoms with van der Waals surface area (Å²) in [5, 5.41) is 18.6. The minimum atomic E-state index is -0.506. The fraction of sp³-hybridized carbons (Fsp3) is 0.333. The van der Waals surface area contributed by atoms with Gasteiger partial charge in [-0.15, -0.1) is 0 Å². The second-order valence-electron chi connectivity index (χ2n) is 2.61. The zero-order valence-corrected chi connectivity index (χ0v) is 8.57. The molecule has 0 radical (unpaired) electrons. The number of phenolic OH excluding ortho intramolecular Hbond substituents is 1. The molecule has 72 valence electrons. The molecule has 2 N–H and O–H groups in total. The quantitative estimate of drug-likeness (QED) is 0.793. The van der Waals surface area contributed by atoms with E-state index in [9.17, 15) is 0 Å². The largest absolute Gasteiger partial charge is 0.508 e. The summed E-state index contributed by atoms with van der Waals surface area (Å²) in [5.41, 5.74) is 0. The van der Waals surface area contributed by atoms with Gasteiger partial charge in [-0.05, 0) is 24.3 Å². The number of aliphatic hydroxyl groups is 1. The fourth-order valence-electron chi connectivity index (χ4n) is 0.779. The Hall–Kier alpha value is -0.740. The summed E-state index contributed by atoms with van der Waals surface area (Å²) in [6, 6.07) is 6.37. The molecule has 4 heteroatoms. The average Bonchev–Trinajstić information content (AvgIpc) is 2.16. The number of rotatable bonds is 4. The molecule has 0 aliphatic carbocycles. The minimum absolute atomic E-state index is 0.202. The molecule has 1 aromatic carbocycles. The van der Waals surface area contributed by atoms with Crippen LogP contribution in [0.25, 0.3) is 0 Å². The molecule has 0 aliphatic heterocycles. The van der Waals surface area contributed by atoms with Gasteiger partial charge in [0.05, 0.1) is 6.10 Å². The smallest absolute Gasteiger partial charge is 0.119 e. The first-order valence-electron chi connectivity index (χ1n) is 3.88. The van der Waals surface area contributed by atoms with Crippen LogP contribution in [0.5, 0.6) is 11.5 Å². The minimum Gasteiger partial charge on any atom is -0.508 e. The first-order valence-corrected chi connectivity index (χ1v) is 5.00. The molecule has 1 aromatic rings. The average molecular weight is 247 g/mol. The lowest BCUT2D eigenvalue weighted by Crippen LogP contribution is -2.18. The number of alkyl halides is 1. The molecule has 0 spiro atoms. The standard InChI is InChI=1S/C9H11BrO3/c10-5-8(12)6-13-9-3-1-7(11)2-4-9/h1-4,8,11-12H,5-6H2. The third-order valence-corrected chi connectivity index (χ3v) is 2.20. The van der Waals surface area contributed by atoms with Gasteiger partial charge >= 0.3 is 0 Å². The van der Waals surface area contributed by atoms with Crippen molar-refractivity contribution in [3.63, 3.8) is 0 Å². The van der Waals surface area contributed by atoms with E-state index >= 15 is 0 Å². The van der Waals surface area contributed by atoms with Crippen LogP contribution in [0.1, 0.15) is 0 Å². The molecule has 0 aromatic heterocycles. The summed E-state index contributed by atoms with van der Waals surface area (Å²) in [6.07, 6.45) is -0.506. The molecule has 0 saturated carbocycles. The van der Waals surface area contributed by atoms with Crippen molar-refractivity contribution >= 4 is 15.9 Å². The number of ether oxygens (including phenoxy) is 1. The Morgan fingerprint density at radius 2 is 1.92 bits per heavy atom. The van der Waals surface area contributed by atoms with Gasteiger partial charge in [0.1, 0.15) is 18.1 Å². The van der Waals surface area contributed by atoms with E-state index in [1.54, 1.807) is 12.1 Å². The summed E-state index contributed by atoms with van der Waals surface area (Å²) in [4.78, 5) is 0. The van der Waals surface area contributed by atoms with Crippen molar-refractivity contribution in [2.75, 3.05) is 11.9 Å². The lowest BCUT2D eigenvalue weighted by atomic mass is 10.3. The highest BCUT2D eigenvalue weighted by atomic mass is 79.9. The van der Waals surface area contributed by atoms with Crippen LogP contribution in [0.2, 0.25) is 0 Å². The highest BCUT2D eigenvalue weighted by molar-refractivity contribution is 9.09. The van der Waals surface area contributed by atoms with Crippen molar-refractivity contribution in [2.45, 2.75) is 6.10 Å². The Labute approximate surface area is 85.1 Å². The maximum Gasteiger partial charge on any atom is 0.119 e. The molecule has 1 atom stereocenters. The first-order chi connectivity index (χ1) is 6.22. The van der Waals surface area contributed by atoms with Crippen LogP contribution in [0, 0.1) is 0 Å². The lowest BCUT2D eigenvalue weighted by molar-refractivity contribution is 0.127. The maximum absolute atomic E-state index is 9.15. The molecule has 13 heavy (non-hydrogen) atoms. The third kappa shape index (κ3) is 3.65. The molecule has 1 unspecified atom stereocenters. The number of aromatic hydroxyl groups is 1. The second-order valence-corrected chi connectivity index (χ2v) is 3.26. The Morgan fingerprint density at radius 1 is 1.31 bits per heavy atom. The van der Waals surface area contributed by atoms with E-state index in [1.165, 1.54) is 12.1 Å². The molecule has 0 bridgehead atoms. The zero-order valence-electron chi connectivity index (χ0n) is 6.98. The molecular formula is C9H11BrO3. The van der Waals surface area contributed by atoms with Crippen LogP contribution in [0.4, 0.5) is 0 Å². The molecule has 3 nitrogen and oxygen atoms in total. The van der Waals surface area contributed by atoms with Crippen molar-refractivity contribution in [3.8, 4) is 11.5 Å². The van der Waals surface area contributed by atoms with Gasteiger partial charge in [-0.25, -0.2) is 0 Å². The number of aliphatic hydroxyl groups excluding tert-OH is 1. The summed E-state index contributed by atoms with van der Waals surface area (Å²) < 4.78 is 5.22. The van der Waals surface area contributed by atoms with Gasteiger partial charge < -0.3 is 14.9 Å². The summed E-state index contributed by atoms with van der Waals surface area (Å²) in [6.45, 7) is 0.246. The van der Waals surface area contributed by atoms with E-state index in [0.717, 1.165) is 0 Å². The normalized spacial score (nSPS) is 12.5. The number of phenols is 1. The van der Waals surface area contributed by atoms with Crippen LogP contribution < -0.4 is 4.74 Å². The van der Waals surface area contributed by atoms with Crippen molar-refractivity contribution < 1.29 is 14.9 Å². The highest BCUT2D eigenvalue weighted by Gasteiger charge is 2.02. The second kappa shape index (κ2) is 5.09. The molecule has 0 saturated heterocycles. The predicted molar refractivity (Wildman–Crippen MR) is 53.4 cm³/mol. The van der Waals surface area contributed by atoms with Crippen molar-refractivity contribution in [3.05, 3.63) is 24.3 Å². The van der Waals surface area contributed by atoms with E-state index in [1.807, 2.05) is 0 Å². The van der Waals surface area contributed by atoms with Gasteiger partial charge in [0.15, 0.2) is 0 Å². The number of hydrogen-bond acceptors (Lipinski definition) is 3. The van der Waals surface area contributed by atoms with Crippen LogP contribution >= 0.6 is 15.9 Å². The van der Waals surface area contributed by atoms with Crippen molar-refractivity contribution in [1.82, 2.24) is 0 Å². The third-order valence-electron chi connectivity index (χ3n) is 1.46. The predicted octanol–water partition coefficient (Wildman–Crippen LogP) is 1.53. The van der Waals surface area contributed by atoms with E-state index < -0.39 is 6.10 Å². The first kappa shape index (κ1) is 10.3. The Bertz CT molecular complexity index is 248. The topological polar surface area (TPSA) is 49.7 Å². The number of hydrogen-bond donors (Lipinski definition) is 2. The molecule has 0 amide bonds. The Kier molecular flexibility index (Phi) is 4.05. The molecule has 0 fully saturated rings. The van der Waals surface area contributed by atoms with Gasteiger partial charge in [-0.3, -0.25) is 0 Å². The van der Waals surface area contributed by atoms with E-state index in [-0.39, 0.29) is 12.4 Å². The summed E-state index contributed by atoms with van der Waals surface area (Å²) >= 11 is 3.13. The Balaban J connectivity index is 2.41. The van der Waals surface area contributed by atoms with E-state index in [0.29, 0.717) is 11.1 Å². The van der Waals surface area contributed by atoms with E-state index in [4.69, 9.17) is 14.9 Å². The van der Waals surface area contributed by atoms with Gasteiger partial charge in [0, 0.05) is 5.33 Å². The number of benzene rings is 1. The van der Waals surface area contributed by atoms with Crippen LogP contribution in [0.3, 0.4) is 0 Å². The monoisotopic (exact) mass is 246 g/mol. The summed E-state index contributed by atoms with van der Waals surface area (Å²) in [7, 11) is 0. The van der Waals surface area contributed by atoms with E-state index in [2.05, 4.69) is 15.9 Å². The molecule has 0 heterocycles.